The summed E-state index contributed by atoms with van der Waals surface area (Å²) >= 11 is 0. The van der Waals surface area contributed by atoms with Crippen molar-refractivity contribution >= 4 is 11.9 Å². The highest BCUT2D eigenvalue weighted by molar-refractivity contribution is 5.98. The fourth-order valence-corrected chi connectivity index (χ4v) is 2.40. The van der Waals surface area contributed by atoms with Crippen molar-refractivity contribution in [3.8, 4) is 5.75 Å². The molecule has 0 saturated carbocycles. The lowest BCUT2D eigenvalue weighted by Gasteiger charge is -2.15. The second-order valence-corrected chi connectivity index (χ2v) is 5.45. The topological polar surface area (TPSA) is 95.9 Å². The molecule has 1 amide bonds. The summed E-state index contributed by atoms with van der Waals surface area (Å²) < 4.78 is 5.79. The van der Waals surface area contributed by atoms with Crippen LogP contribution < -0.4 is 10.1 Å². The summed E-state index contributed by atoms with van der Waals surface area (Å²) in [6, 6.07) is 13.1. The lowest BCUT2D eigenvalue weighted by molar-refractivity contribution is -0.140. The number of carbonyl (C=O) groups excluding carboxylic acids is 1. The average molecular weight is 343 g/mol. The van der Waals surface area contributed by atoms with Crippen LogP contribution in [0.5, 0.6) is 5.75 Å². The van der Waals surface area contributed by atoms with Crippen molar-refractivity contribution in [1.29, 1.82) is 0 Å². The largest absolute Gasteiger partial charge is 0.488 e. The number of aliphatic hydroxyl groups excluding tert-OH is 1. The number of aliphatic carboxylic acids is 1. The smallest absolute Gasteiger partial charge is 0.328 e. The summed E-state index contributed by atoms with van der Waals surface area (Å²) in [6.07, 6.45) is 0.873. The average Bonchev–Trinajstić information content (AvgIpc) is 2.64. The number of para-hydroxylation sites is 1. The maximum Gasteiger partial charge on any atom is 0.328 e. The number of carboxylic acid groups (broad SMARTS) is 1. The number of ether oxygens (including phenoxy) is 1. The predicted molar refractivity (Wildman–Crippen MR) is 92.6 cm³/mol. The van der Waals surface area contributed by atoms with Crippen LogP contribution in [-0.4, -0.2) is 34.7 Å². The minimum Gasteiger partial charge on any atom is -0.488 e. The number of benzene rings is 2. The van der Waals surface area contributed by atoms with Gasteiger partial charge in [0, 0.05) is 0 Å². The number of hydrogen-bond donors (Lipinski definition) is 3. The summed E-state index contributed by atoms with van der Waals surface area (Å²) in [5, 5.41) is 20.3. The van der Waals surface area contributed by atoms with Crippen LogP contribution >= 0.6 is 0 Å². The van der Waals surface area contributed by atoms with Gasteiger partial charge in [0.2, 0.25) is 0 Å². The van der Waals surface area contributed by atoms with Gasteiger partial charge in [0.1, 0.15) is 12.4 Å². The fourth-order valence-electron chi connectivity index (χ4n) is 2.40. The first-order valence-corrected chi connectivity index (χ1v) is 8.00. The van der Waals surface area contributed by atoms with E-state index in [-0.39, 0.29) is 5.56 Å². The molecule has 6 heteroatoms. The van der Waals surface area contributed by atoms with E-state index in [0.717, 1.165) is 17.5 Å². The molecule has 0 aliphatic carbocycles. The van der Waals surface area contributed by atoms with Crippen LogP contribution in [0.3, 0.4) is 0 Å². The summed E-state index contributed by atoms with van der Waals surface area (Å²) in [5.41, 5.74) is 2.41. The third kappa shape index (κ3) is 4.81. The third-order valence-corrected chi connectivity index (χ3v) is 3.80. The first-order chi connectivity index (χ1) is 12.1. The van der Waals surface area contributed by atoms with Crippen molar-refractivity contribution in [2.75, 3.05) is 6.61 Å². The third-order valence-electron chi connectivity index (χ3n) is 3.80. The Kier molecular flexibility index (Phi) is 6.54. The molecule has 0 aliphatic rings. The van der Waals surface area contributed by atoms with E-state index in [2.05, 4.69) is 12.2 Å². The van der Waals surface area contributed by atoms with E-state index in [0.29, 0.717) is 12.4 Å². The molecule has 0 spiro atoms. The Morgan fingerprint density at radius 1 is 1.08 bits per heavy atom. The van der Waals surface area contributed by atoms with Gasteiger partial charge in [-0.1, -0.05) is 43.3 Å². The second-order valence-electron chi connectivity index (χ2n) is 5.45. The van der Waals surface area contributed by atoms with Crippen LogP contribution in [0.15, 0.2) is 48.5 Å². The zero-order valence-corrected chi connectivity index (χ0v) is 13.9. The van der Waals surface area contributed by atoms with E-state index < -0.39 is 24.5 Å². The minimum atomic E-state index is -1.36. The van der Waals surface area contributed by atoms with Crippen LogP contribution in [0.25, 0.3) is 0 Å². The number of nitrogens with one attached hydrogen (secondary N) is 1. The van der Waals surface area contributed by atoms with E-state index in [4.69, 9.17) is 14.9 Å². The van der Waals surface area contributed by atoms with Gasteiger partial charge < -0.3 is 20.3 Å². The molecule has 0 fully saturated rings. The molecule has 1 atom stereocenters. The van der Waals surface area contributed by atoms with Crippen molar-refractivity contribution in [3.63, 3.8) is 0 Å². The van der Waals surface area contributed by atoms with Crippen molar-refractivity contribution in [1.82, 2.24) is 5.32 Å². The van der Waals surface area contributed by atoms with Crippen LogP contribution in [0.1, 0.15) is 28.4 Å². The molecule has 0 radical (unpaired) electrons. The highest BCUT2D eigenvalue weighted by atomic mass is 16.5. The molecule has 0 aromatic heterocycles. The zero-order chi connectivity index (χ0) is 18.2. The standard InChI is InChI=1S/C19H21NO5/c1-2-13-7-3-4-8-14(13)12-25-17-10-6-5-9-15(17)18(22)20-16(11-21)19(23)24/h3-10,16,21H,2,11-12H2,1H3,(H,20,22)(H,23,24)/t16-/m0/s1. The van der Waals surface area contributed by atoms with E-state index in [1.165, 1.54) is 0 Å². The Morgan fingerprint density at radius 2 is 1.72 bits per heavy atom. The summed E-state index contributed by atoms with van der Waals surface area (Å²) in [7, 11) is 0. The normalized spacial score (nSPS) is 11.6. The first-order valence-electron chi connectivity index (χ1n) is 8.00. The number of carbonyl (C=O) groups is 2. The molecule has 0 bridgehead atoms. The fraction of sp³-hybridized carbons (Fsp3) is 0.263. The second kappa shape index (κ2) is 8.84. The molecule has 0 heterocycles. The molecule has 3 N–H and O–H groups in total. The summed E-state index contributed by atoms with van der Waals surface area (Å²) in [4.78, 5) is 23.3. The van der Waals surface area contributed by atoms with Gasteiger partial charge in [-0.2, -0.15) is 0 Å². The molecule has 25 heavy (non-hydrogen) atoms. The highest BCUT2D eigenvalue weighted by Gasteiger charge is 2.21. The Balaban J connectivity index is 2.15. The van der Waals surface area contributed by atoms with Crippen molar-refractivity contribution in [2.45, 2.75) is 26.0 Å². The van der Waals surface area contributed by atoms with Gasteiger partial charge >= 0.3 is 5.97 Å². The summed E-state index contributed by atoms with van der Waals surface area (Å²) in [6.45, 7) is 1.67. The molecule has 0 unspecified atom stereocenters. The Hall–Kier alpha value is -2.86. The maximum atomic E-state index is 12.3. The quantitative estimate of drug-likeness (QED) is 0.681. The summed E-state index contributed by atoms with van der Waals surface area (Å²) in [5.74, 6) is -1.56. The van der Waals surface area contributed by atoms with E-state index in [1.807, 2.05) is 24.3 Å². The van der Waals surface area contributed by atoms with E-state index in [1.54, 1.807) is 24.3 Å². The van der Waals surface area contributed by atoms with Gasteiger partial charge in [0.05, 0.1) is 12.2 Å². The van der Waals surface area contributed by atoms with Crippen molar-refractivity contribution in [3.05, 3.63) is 65.2 Å². The molecule has 0 saturated heterocycles. The van der Waals surface area contributed by atoms with E-state index >= 15 is 0 Å². The van der Waals surface area contributed by atoms with Crippen molar-refractivity contribution < 1.29 is 24.5 Å². The number of aryl methyl sites for hydroxylation is 1. The number of rotatable bonds is 8. The Labute approximate surface area is 146 Å². The van der Waals surface area contributed by atoms with Crippen LogP contribution in [0, 0.1) is 0 Å². The van der Waals surface area contributed by atoms with E-state index in [9.17, 15) is 9.59 Å². The van der Waals surface area contributed by atoms with Gasteiger partial charge in [-0.15, -0.1) is 0 Å². The molecule has 132 valence electrons. The highest BCUT2D eigenvalue weighted by Crippen LogP contribution is 2.20. The van der Waals surface area contributed by atoms with Gasteiger partial charge in [-0.05, 0) is 29.7 Å². The number of aliphatic hydroxyl groups is 1. The minimum absolute atomic E-state index is 0.219. The predicted octanol–water partition coefficient (Wildman–Crippen LogP) is 2.00. The van der Waals surface area contributed by atoms with Gasteiger partial charge in [-0.25, -0.2) is 4.79 Å². The monoisotopic (exact) mass is 343 g/mol. The molecule has 2 rings (SSSR count). The molecule has 6 nitrogen and oxygen atoms in total. The molecule has 2 aromatic carbocycles. The van der Waals surface area contributed by atoms with Crippen LogP contribution in [-0.2, 0) is 17.8 Å². The molecular formula is C19H21NO5. The Morgan fingerprint density at radius 3 is 2.36 bits per heavy atom. The number of amides is 1. The van der Waals surface area contributed by atoms with Gasteiger partial charge in [0.25, 0.3) is 5.91 Å². The number of carboxylic acids is 1. The van der Waals surface area contributed by atoms with Gasteiger partial charge in [0.15, 0.2) is 6.04 Å². The van der Waals surface area contributed by atoms with Crippen LogP contribution in [0.4, 0.5) is 0 Å². The Bertz CT molecular complexity index is 744. The SMILES string of the molecule is CCc1ccccc1COc1ccccc1C(=O)N[C@@H](CO)C(=O)O. The molecule has 2 aromatic rings. The lowest BCUT2D eigenvalue weighted by atomic mass is 10.1. The van der Waals surface area contributed by atoms with Crippen molar-refractivity contribution in [2.24, 2.45) is 0 Å². The number of hydrogen-bond acceptors (Lipinski definition) is 4. The lowest BCUT2D eigenvalue weighted by Crippen LogP contribution is -2.43. The van der Waals surface area contributed by atoms with Gasteiger partial charge in [-0.3, -0.25) is 4.79 Å². The molecule has 0 aliphatic heterocycles. The van der Waals surface area contributed by atoms with Crippen LogP contribution in [0.2, 0.25) is 0 Å². The zero-order valence-electron chi connectivity index (χ0n) is 13.9. The molecular weight excluding hydrogens is 322 g/mol. The maximum absolute atomic E-state index is 12.3. The first kappa shape index (κ1) is 18.5.